The molecule has 4 rings (SSSR count). The Hall–Kier alpha value is -3.16. The highest BCUT2D eigenvalue weighted by Gasteiger charge is 2.41. The van der Waals surface area contributed by atoms with E-state index in [9.17, 15) is 9.59 Å². The van der Waals surface area contributed by atoms with Crippen LogP contribution in [0.4, 0.5) is 0 Å². The Kier molecular flexibility index (Phi) is 7.57. The standard InChI is InChI=1S/C26H25Cl2NO6/c1-3-33-21-12-15(8-10-19(21)34-13-14-7-9-16(27)17(28)11-14)22-23-18(30)5-4-6-20(23)35-25(29)24(22)26(31)32-2/h7-12,22H,3-6,13,29H2,1-2H3/t22-/m1/s1. The van der Waals surface area contributed by atoms with Crippen LogP contribution in [-0.2, 0) is 25.7 Å². The normalized spacial score (nSPS) is 17.6. The molecule has 0 amide bonds. The molecular weight excluding hydrogens is 493 g/mol. The summed E-state index contributed by atoms with van der Waals surface area (Å²) in [6.45, 7) is 2.48. The highest BCUT2D eigenvalue weighted by molar-refractivity contribution is 6.42. The molecule has 7 nitrogen and oxygen atoms in total. The van der Waals surface area contributed by atoms with Gasteiger partial charge in [-0.2, -0.15) is 0 Å². The number of Topliss-reactive ketones (excluding diaryl/α,β-unsaturated/α-hetero) is 1. The lowest BCUT2D eigenvalue weighted by molar-refractivity contribution is -0.136. The highest BCUT2D eigenvalue weighted by atomic mass is 35.5. The van der Waals surface area contributed by atoms with Crippen molar-refractivity contribution in [1.82, 2.24) is 0 Å². The van der Waals surface area contributed by atoms with Crippen molar-refractivity contribution in [2.45, 2.75) is 38.7 Å². The molecule has 2 aromatic rings. The maximum absolute atomic E-state index is 12.9. The summed E-state index contributed by atoms with van der Waals surface area (Å²) in [7, 11) is 1.26. The first-order valence-electron chi connectivity index (χ1n) is 11.2. The van der Waals surface area contributed by atoms with E-state index in [1.165, 1.54) is 7.11 Å². The number of benzene rings is 2. The quantitative estimate of drug-likeness (QED) is 0.488. The summed E-state index contributed by atoms with van der Waals surface area (Å²) in [5.41, 5.74) is 8.13. The third-order valence-electron chi connectivity index (χ3n) is 5.87. The second-order valence-corrected chi connectivity index (χ2v) is 8.91. The Labute approximate surface area is 213 Å². The van der Waals surface area contributed by atoms with Gasteiger partial charge in [-0.1, -0.05) is 35.3 Å². The van der Waals surface area contributed by atoms with Gasteiger partial charge in [0.25, 0.3) is 0 Å². The van der Waals surface area contributed by atoms with E-state index in [1.54, 1.807) is 30.3 Å². The van der Waals surface area contributed by atoms with Crippen LogP contribution in [0, 0.1) is 0 Å². The molecular formula is C26H25Cl2NO6. The van der Waals surface area contributed by atoms with E-state index in [-0.39, 0.29) is 23.8 Å². The van der Waals surface area contributed by atoms with Crippen LogP contribution in [0.1, 0.15) is 43.2 Å². The van der Waals surface area contributed by atoms with E-state index >= 15 is 0 Å². The molecule has 1 heterocycles. The topological polar surface area (TPSA) is 97.1 Å². The van der Waals surface area contributed by atoms with E-state index in [4.69, 9.17) is 47.9 Å². The molecule has 0 bridgehead atoms. The van der Waals surface area contributed by atoms with Crippen molar-refractivity contribution in [3.63, 3.8) is 0 Å². The van der Waals surface area contributed by atoms with Crippen LogP contribution in [0.25, 0.3) is 0 Å². The Balaban J connectivity index is 1.72. The van der Waals surface area contributed by atoms with Gasteiger partial charge in [-0.05, 0) is 48.7 Å². The van der Waals surface area contributed by atoms with Crippen molar-refractivity contribution < 1.29 is 28.5 Å². The lowest BCUT2D eigenvalue weighted by Gasteiger charge is -2.32. The average molecular weight is 518 g/mol. The van der Waals surface area contributed by atoms with E-state index in [1.807, 2.05) is 13.0 Å². The van der Waals surface area contributed by atoms with Gasteiger partial charge in [-0.3, -0.25) is 4.79 Å². The van der Waals surface area contributed by atoms with Crippen molar-refractivity contribution in [2.24, 2.45) is 5.73 Å². The smallest absolute Gasteiger partial charge is 0.340 e. The maximum atomic E-state index is 12.9. The molecule has 2 N–H and O–H groups in total. The second kappa shape index (κ2) is 10.6. The largest absolute Gasteiger partial charge is 0.490 e. The molecule has 0 unspecified atom stereocenters. The molecule has 184 valence electrons. The molecule has 2 aromatic carbocycles. The maximum Gasteiger partial charge on any atom is 0.340 e. The van der Waals surface area contributed by atoms with Crippen LogP contribution in [0.15, 0.2) is 59.2 Å². The van der Waals surface area contributed by atoms with Crippen molar-refractivity contribution in [2.75, 3.05) is 13.7 Å². The van der Waals surface area contributed by atoms with Gasteiger partial charge in [-0.25, -0.2) is 4.79 Å². The van der Waals surface area contributed by atoms with E-state index in [0.717, 1.165) is 5.56 Å². The van der Waals surface area contributed by atoms with Gasteiger partial charge < -0.3 is 24.7 Å². The van der Waals surface area contributed by atoms with E-state index in [0.29, 0.717) is 64.3 Å². The highest BCUT2D eigenvalue weighted by Crippen LogP contribution is 2.45. The first-order chi connectivity index (χ1) is 16.8. The van der Waals surface area contributed by atoms with Crippen LogP contribution < -0.4 is 15.2 Å². The third kappa shape index (κ3) is 5.11. The summed E-state index contributed by atoms with van der Waals surface area (Å²) in [6.07, 6.45) is 1.60. The SMILES string of the molecule is CCOc1cc([C@H]2C(C(=O)OC)=C(N)OC3=C2C(=O)CCC3)ccc1OCc1ccc(Cl)c(Cl)c1. The predicted octanol–water partition coefficient (Wildman–Crippen LogP) is 5.44. The van der Waals surface area contributed by atoms with Gasteiger partial charge >= 0.3 is 5.97 Å². The number of nitrogens with two attached hydrogens (primary N) is 1. The Morgan fingerprint density at radius 3 is 2.60 bits per heavy atom. The van der Waals surface area contributed by atoms with Crippen molar-refractivity contribution >= 4 is 35.0 Å². The van der Waals surface area contributed by atoms with E-state index in [2.05, 4.69) is 0 Å². The van der Waals surface area contributed by atoms with Crippen LogP contribution in [0.2, 0.25) is 10.0 Å². The molecule has 0 radical (unpaired) electrons. The number of allylic oxidation sites excluding steroid dienone is 2. The molecule has 1 aliphatic carbocycles. The zero-order chi connectivity index (χ0) is 25.1. The molecule has 35 heavy (non-hydrogen) atoms. The summed E-state index contributed by atoms with van der Waals surface area (Å²) >= 11 is 12.1. The molecule has 2 aliphatic rings. The van der Waals surface area contributed by atoms with Crippen LogP contribution in [0.3, 0.4) is 0 Å². The first kappa shape index (κ1) is 24.9. The predicted molar refractivity (Wildman–Crippen MR) is 131 cm³/mol. The first-order valence-corrected chi connectivity index (χ1v) is 11.9. The molecule has 1 atom stereocenters. The second-order valence-electron chi connectivity index (χ2n) is 8.09. The summed E-state index contributed by atoms with van der Waals surface area (Å²) in [4.78, 5) is 25.6. The summed E-state index contributed by atoms with van der Waals surface area (Å²) < 4.78 is 22.5. The zero-order valence-corrected chi connectivity index (χ0v) is 20.9. The molecule has 9 heteroatoms. The summed E-state index contributed by atoms with van der Waals surface area (Å²) in [5.74, 6) is -0.0811. The van der Waals surface area contributed by atoms with Gasteiger partial charge in [0, 0.05) is 18.4 Å². The minimum Gasteiger partial charge on any atom is -0.490 e. The summed E-state index contributed by atoms with van der Waals surface area (Å²) in [5, 5.41) is 0.902. The molecule has 0 saturated carbocycles. The number of ketones is 1. The van der Waals surface area contributed by atoms with E-state index < -0.39 is 11.9 Å². The van der Waals surface area contributed by atoms with Gasteiger partial charge in [0.15, 0.2) is 17.3 Å². The van der Waals surface area contributed by atoms with Crippen molar-refractivity contribution in [3.8, 4) is 11.5 Å². The monoisotopic (exact) mass is 517 g/mol. The number of esters is 1. The summed E-state index contributed by atoms with van der Waals surface area (Å²) in [6, 6.07) is 10.5. The molecule has 0 aromatic heterocycles. The average Bonchev–Trinajstić information content (AvgIpc) is 2.84. The Bertz CT molecular complexity index is 1240. The fourth-order valence-electron chi connectivity index (χ4n) is 4.28. The van der Waals surface area contributed by atoms with Crippen LogP contribution >= 0.6 is 23.2 Å². The number of carbonyl (C=O) groups excluding carboxylic acids is 2. The number of carbonyl (C=O) groups is 2. The minimum atomic E-state index is -0.734. The number of hydrogen-bond acceptors (Lipinski definition) is 7. The molecule has 1 aliphatic heterocycles. The fourth-order valence-corrected chi connectivity index (χ4v) is 4.60. The van der Waals surface area contributed by atoms with Crippen LogP contribution in [0.5, 0.6) is 11.5 Å². The Morgan fingerprint density at radius 1 is 1.09 bits per heavy atom. The van der Waals surface area contributed by atoms with Crippen LogP contribution in [-0.4, -0.2) is 25.5 Å². The third-order valence-corrected chi connectivity index (χ3v) is 6.61. The van der Waals surface area contributed by atoms with Gasteiger partial charge in [0.1, 0.15) is 17.9 Å². The lowest BCUT2D eigenvalue weighted by atomic mass is 9.77. The molecule has 0 spiro atoms. The minimum absolute atomic E-state index is 0.0618. The van der Waals surface area contributed by atoms with Gasteiger partial charge in [0.2, 0.25) is 5.88 Å². The fraction of sp³-hybridized carbons (Fsp3) is 0.308. The van der Waals surface area contributed by atoms with Gasteiger partial charge in [0.05, 0.1) is 29.7 Å². The lowest BCUT2D eigenvalue weighted by Crippen LogP contribution is -2.31. The zero-order valence-electron chi connectivity index (χ0n) is 19.4. The number of rotatable bonds is 7. The Morgan fingerprint density at radius 2 is 1.89 bits per heavy atom. The van der Waals surface area contributed by atoms with Gasteiger partial charge in [-0.15, -0.1) is 0 Å². The van der Waals surface area contributed by atoms with Crippen molar-refractivity contribution in [3.05, 3.63) is 80.4 Å². The number of halogens is 2. The number of hydrogen-bond donors (Lipinski definition) is 1. The van der Waals surface area contributed by atoms with Crippen molar-refractivity contribution in [1.29, 1.82) is 0 Å². The molecule has 0 fully saturated rings. The number of methoxy groups -OCH3 is 1. The number of ether oxygens (including phenoxy) is 4. The molecule has 0 saturated heterocycles.